The Kier molecular flexibility index (Phi) is 9.14. The lowest BCUT2D eigenvalue weighted by molar-refractivity contribution is -0.132. The van der Waals surface area contributed by atoms with Crippen LogP contribution in [0.25, 0.3) is 0 Å². The predicted molar refractivity (Wildman–Crippen MR) is 149 cm³/mol. The van der Waals surface area contributed by atoms with Gasteiger partial charge in [-0.05, 0) is 67.3 Å². The number of amides is 1. The van der Waals surface area contributed by atoms with Crippen molar-refractivity contribution in [2.45, 2.75) is 46.4 Å². The fourth-order valence-corrected chi connectivity index (χ4v) is 4.78. The molecule has 1 saturated heterocycles. The van der Waals surface area contributed by atoms with Crippen LogP contribution in [0.5, 0.6) is 17.2 Å². The largest absolute Gasteiger partial charge is 0.493 e. The van der Waals surface area contributed by atoms with Crippen LogP contribution in [0.15, 0.2) is 48.8 Å². The maximum Gasteiger partial charge on any atom is 0.219 e. The number of hydrogen-bond acceptors (Lipinski definition) is 7. The monoisotopic (exact) mass is 536 g/mol. The third-order valence-electron chi connectivity index (χ3n) is 7.09. The van der Waals surface area contributed by atoms with Crippen LogP contribution in [-0.2, 0) is 17.9 Å². The maximum atomic E-state index is 12.3. The molecule has 9 nitrogen and oxygen atoms in total. The molecule has 1 aliphatic heterocycles. The van der Waals surface area contributed by atoms with E-state index in [-0.39, 0.29) is 19.1 Å². The fraction of sp³-hybridized carbons (Fsp3) is 0.467. The van der Waals surface area contributed by atoms with Crippen molar-refractivity contribution in [2.24, 2.45) is 0 Å². The zero-order chi connectivity index (χ0) is 28.0. The Hall–Kier alpha value is -3.56. The molecular formula is C30H40N4O5. The van der Waals surface area contributed by atoms with Crippen molar-refractivity contribution in [3.05, 3.63) is 71.0 Å². The lowest BCUT2D eigenvalue weighted by Gasteiger charge is -2.33. The van der Waals surface area contributed by atoms with Crippen LogP contribution in [0.4, 0.5) is 0 Å². The molecule has 1 aromatic heterocycles. The summed E-state index contributed by atoms with van der Waals surface area (Å²) in [5, 5.41) is 15.9. The summed E-state index contributed by atoms with van der Waals surface area (Å²) in [5.74, 6) is 1.97. The van der Waals surface area contributed by atoms with Gasteiger partial charge < -0.3 is 24.2 Å². The van der Waals surface area contributed by atoms with Crippen LogP contribution < -0.4 is 14.2 Å². The molecule has 0 saturated carbocycles. The van der Waals surface area contributed by atoms with Crippen molar-refractivity contribution >= 4 is 5.91 Å². The SMILES string of the molecule is COc1cc(CN2CCN(C(C)=O)C[C@](O)(COc3ccc(C)c(C)c3)C2)ccc1OCCn1cc(C)cn1. The average Bonchev–Trinajstić information content (AvgIpc) is 3.24. The van der Waals surface area contributed by atoms with Crippen LogP contribution in [0.3, 0.4) is 0 Å². The number of carbonyl (C=O) groups is 1. The predicted octanol–water partition coefficient (Wildman–Crippen LogP) is 3.37. The topological polar surface area (TPSA) is 89.3 Å². The lowest BCUT2D eigenvalue weighted by Crippen LogP contribution is -2.51. The van der Waals surface area contributed by atoms with Crippen LogP contribution >= 0.6 is 0 Å². The second-order valence-corrected chi connectivity index (χ2v) is 10.5. The van der Waals surface area contributed by atoms with Gasteiger partial charge in [-0.25, -0.2) is 0 Å². The maximum absolute atomic E-state index is 12.3. The summed E-state index contributed by atoms with van der Waals surface area (Å²) in [5.41, 5.74) is 3.23. The Bertz CT molecular complexity index is 1280. The van der Waals surface area contributed by atoms with E-state index in [0.29, 0.717) is 56.6 Å². The first-order valence-electron chi connectivity index (χ1n) is 13.3. The molecule has 0 radical (unpaired) electrons. The Morgan fingerprint density at radius 2 is 1.85 bits per heavy atom. The molecule has 1 amide bonds. The molecule has 2 heterocycles. The van der Waals surface area contributed by atoms with Crippen molar-refractivity contribution < 1.29 is 24.1 Å². The van der Waals surface area contributed by atoms with E-state index in [4.69, 9.17) is 14.2 Å². The summed E-state index contributed by atoms with van der Waals surface area (Å²) in [7, 11) is 1.63. The number of rotatable bonds is 10. The molecule has 3 aromatic rings. The third kappa shape index (κ3) is 7.74. The van der Waals surface area contributed by atoms with E-state index in [1.165, 1.54) is 12.5 Å². The summed E-state index contributed by atoms with van der Waals surface area (Å²) >= 11 is 0. The minimum absolute atomic E-state index is 0.0603. The molecule has 1 aliphatic rings. The van der Waals surface area contributed by atoms with Crippen LogP contribution in [-0.4, -0.2) is 82.7 Å². The molecule has 0 spiro atoms. The third-order valence-corrected chi connectivity index (χ3v) is 7.09. The van der Waals surface area contributed by atoms with Gasteiger partial charge in [0, 0.05) is 39.3 Å². The van der Waals surface area contributed by atoms with Crippen molar-refractivity contribution in [3.8, 4) is 17.2 Å². The quantitative estimate of drug-likeness (QED) is 0.425. The van der Waals surface area contributed by atoms with Gasteiger partial charge in [0.05, 0.1) is 26.4 Å². The number of aromatic nitrogens is 2. The number of ether oxygens (including phenoxy) is 3. The van der Waals surface area contributed by atoms with E-state index in [9.17, 15) is 9.90 Å². The molecule has 4 rings (SSSR count). The second kappa shape index (κ2) is 12.5. The Morgan fingerprint density at radius 3 is 2.54 bits per heavy atom. The molecule has 9 heteroatoms. The highest BCUT2D eigenvalue weighted by Crippen LogP contribution is 2.29. The summed E-state index contributed by atoms with van der Waals surface area (Å²) in [4.78, 5) is 16.1. The number of carbonyl (C=O) groups excluding carboxylic acids is 1. The van der Waals surface area contributed by atoms with Gasteiger partial charge in [-0.15, -0.1) is 0 Å². The summed E-state index contributed by atoms with van der Waals surface area (Å²) in [6, 6.07) is 11.8. The summed E-state index contributed by atoms with van der Waals surface area (Å²) in [6.45, 7) is 11.2. The second-order valence-electron chi connectivity index (χ2n) is 10.5. The molecule has 1 fully saturated rings. The van der Waals surface area contributed by atoms with E-state index in [0.717, 1.165) is 16.7 Å². The van der Waals surface area contributed by atoms with Crippen LogP contribution in [0, 0.1) is 20.8 Å². The van der Waals surface area contributed by atoms with Gasteiger partial charge in [0.25, 0.3) is 0 Å². The van der Waals surface area contributed by atoms with Gasteiger partial charge in [0.2, 0.25) is 5.91 Å². The van der Waals surface area contributed by atoms with Crippen molar-refractivity contribution in [1.82, 2.24) is 19.6 Å². The average molecular weight is 537 g/mol. The van der Waals surface area contributed by atoms with E-state index < -0.39 is 5.60 Å². The summed E-state index contributed by atoms with van der Waals surface area (Å²) < 4.78 is 19.5. The highest BCUT2D eigenvalue weighted by Gasteiger charge is 2.37. The first-order chi connectivity index (χ1) is 18.6. The first kappa shape index (κ1) is 28.4. The molecule has 210 valence electrons. The summed E-state index contributed by atoms with van der Waals surface area (Å²) in [6.07, 6.45) is 3.80. The highest BCUT2D eigenvalue weighted by molar-refractivity contribution is 5.73. The van der Waals surface area contributed by atoms with Gasteiger partial charge in [-0.2, -0.15) is 5.10 Å². The van der Waals surface area contributed by atoms with Crippen molar-refractivity contribution in [2.75, 3.05) is 46.5 Å². The number of methoxy groups -OCH3 is 1. The van der Waals surface area contributed by atoms with Crippen molar-refractivity contribution in [1.29, 1.82) is 0 Å². The van der Waals surface area contributed by atoms with Crippen LogP contribution in [0.1, 0.15) is 29.2 Å². The Morgan fingerprint density at radius 1 is 1.03 bits per heavy atom. The Balaban J connectivity index is 1.42. The minimum Gasteiger partial charge on any atom is -0.493 e. The molecule has 0 bridgehead atoms. The van der Waals surface area contributed by atoms with Gasteiger partial charge in [0.1, 0.15) is 24.6 Å². The van der Waals surface area contributed by atoms with Gasteiger partial charge in [-0.3, -0.25) is 14.4 Å². The standard InChI is InChI=1S/C30H40N4O5/c1-22-16-31-34(17-22)12-13-38-28-9-7-26(15-29(28)37-5)18-32-10-11-33(25(4)35)20-30(36,19-32)21-39-27-8-6-23(2)24(3)14-27/h6-9,14-17,36H,10-13,18-21H2,1-5H3/t30-/m0/s1. The molecule has 2 aromatic carbocycles. The fourth-order valence-electron chi connectivity index (χ4n) is 4.78. The number of nitrogens with zero attached hydrogens (tertiary/aromatic N) is 4. The molecule has 1 atom stereocenters. The smallest absolute Gasteiger partial charge is 0.219 e. The molecule has 0 unspecified atom stereocenters. The number of aliphatic hydroxyl groups is 1. The highest BCUT2D eigenvalue weighted by atomic mass is 16.5. The zero-order valence-electron chi connectivity index (χ0n) is 23.6. The minimum atomic E-state index is -1.22. The van der Waals surface area contributed by atoms with Gasteiger partial charge in [-0.1, -0.05) is 12.1 Å². The van der Waals surface area contributed by atoms with Crippen molar-refractivity contribution in [3.63, 3.8) is 0 Å². The van der Waals surface area contributed by atoms with Gasteiger partial charge >= 0.3 is 0 Å². The van der Waals surface area contributed by atoms with Crippen LogP contribution in [0.2, 0.25) is 0 Å². The Labute approximate surface area is 230 Å². The number of benzene rings is 2. The van der Waals surface area contributed by atoms with E-state index in [2.05, 4.69) is 16.9 Å². The molecular weight excluding hydrogens is 496 g/mol. The molecule has 0 aliphatic carbocycles. The van der Waals surface area contributed by atoms with Gasteiger partial charge in [0.15, 0.2) is 11.5 Å². The number of aryl methyl sites for hydroxylation is 3. The number of hydrogen-bond donors (Lipinski definition) is 1. The lowest BCUT2D eigenvalue weighted by atomic mass is 10.0. The van der Waals surface area contributed by atoms with E-state index >= 15 is 0 Å². The number of β-amino-alcohol motifs (C(OH)–C–C–N with tert-alkyl or cyclic N) is 1. The normalized spacial score (nSPS) is 18.1. The first-order valence-corrected chi connectivity index (χ1v) is 13.3. The van der Waals surface area contributed by atoms with E-state index in [1.54, 1.807) is 12.0 Å². The molecule has 1 N–H and O–H groups in total. The van der Waals surface area contributed by atoms with E-state index in [1.807, 2.05) is 67.3 Å². The zero-order valence-corrected chi connectivity index (χ0v) is 23.6. The molecule has 39 heavy (non-hydrogen) atoms.